The minimum Gasteiger partial charge on any atom is -0.395 e. The van der Waals surface area contributed by atoms with Crippen molar-refractivity contribution in [2.45, 2.75) is 39.9 Å². The number of hydrogen-bond acceptors (Lipinski definition) is 4. The number of urea groups is 1. The van der Waals surface area contributed by atoms with Crippen LogP contribution in [0, 0.1) is 6.92 Å². The van der Waals surface area contributed by atoms with Crippen molar-refractivity contribution in [1.29, 1.82) is 0 Å². The zero-order chi connectivity index (χ0) is 19.6. The van der Waals surface area contributed by atoms with E-state index in [1.165, 1.54) is 23.5 Å². The second-order valence-electron chi connectivity index (χ2n) is 6.17. The van der Waals surface area contributed by atoms with E-state index in [2.05, 4.69) is 14.5 Å². The molecule has 1 aromatic carbocycles. The summed E-state index contributed by atoms with van der Waals surface area (Å²) in [4.78, 5) is 19.9. The number of alkyl halides is 2. The molecule has 0 unspecified atom stereocenters. The number of benzene rings is 1. The van der Waals surface area contributed by atoms with Crippen molar-refractivity contribution < 1.29 is 23.0 Å². The number of ether oxygens (including phenoxy) is 2. The van der Waals surface area contributed by atoms with E-state index in [1.807, 2.05) is 20.8 Å². The molecule has 0 atom stereocenters. The van der Waals surface area contributed by atoms with Crippen LogP contribution in [0.5, 0.6) is 11.5 Å². The van der Waals surface area contributed by atoms with Gasteiger partial charge in [0.05, 0.1) is 5.69 Å². The number of amides is 2. The van der Waals surface area contributed by atoms with E-state index in [0.717, 1.165) is 17.7 Å². The number of aryl methyl sites for hydroxylation is 1. The molecular formula is C18H21F2N3O3S. The first-order valence-electron chi connectivity index (χ1n) is 8.76. The average molecular weight is 397 g/mol. The average Bonchev–Trinajstić information content (AvgIpc) is 3.11. The lowest BCUT2D eigenvalue weighted by Gasteiger charge is -2.18. The van der Waals surface area contributed by atoms with Gasteiger partial charge in [-0.1, -0.05) is 13.8 Å². The van der Waals surface area contributed by atoms with Crippen molar-refractivity contribution in [3.63, 3.8) is 0 Å². The summed E-state index contributed by atoms with van der Waals surface area (Å²) in [5, 5.41) is 0. The molecule has 0 saturated heterocycles. The normalized spacial score (nSPS) is 15.2. The summed E-state index contributed by atoms with van der Waals surface area (Å²) in [6.07, 6.45) is -0.168. The summed E-state index contributed by atoms with van der Waals surface area (Å²) in [7, 11) is 0. The van der Waals surface area contributed by atoms with Crippen LogP contribution in [0.3, 0.4) is 0 Å². The summed E-state index contributed by atoms with van der Waals surface area (Å²) in [6, 6.07) is 4.18. The van der Waals surface area contributed by atoms with Crippen molar-refractivity contribution in [1.82, 2.24) is 9.47 Å². The molecule has 1 aliphatic rings. The van der Waals surface area contributed by atoms with Crippen LogP contribution in [-0.2, 0) is 0 Å². The summed E-state index contributed by atoms with van der Waals surface area (Å²) >= 11 is 1.35. The molecule has 2 amide bonds. The van der Waals surface area contributed by atoms with Crippen LogP contribution >= 0.6 is 11.3 Å². The van der Waals surface area contributed by atoms with Crippen LogP contribution in [0.4, 0.5) is 13.6 Å². The third-order valence-corrected chi connectivity index (χ3v) is 4.78. The molecule has 0 spiro atoms. The third-order valence-electron chi connectivity index (χ3n) is 3.88. The Balaban J connectivity index is 1.97. The second-order valence-corrected chi connectivity index (χ2v) is 7.39. The van der Waals surface area contributed by atoms with Gasteiger partial charge < -0.3 is 14.4 Å². The molecule has 1 aromatic heterocycles. The number of carbonyl (C=O) groups is 1. The molecule has 0 saturated carbocycles. The molecule has 0 bridgehead atoms. The minimum absolute atomic E-state index is 0.0251. The highest BCUT2D eigenvalue weighted by atomic mass is 32.1. The summed E-state index contributed by atoms with van der Waals surface area (Å²) in [6.45, 7) is 7.18. The van der Waals surface area contributed by atoms with E-state index >= 15 is 0 Å². The second kappa shape index (κ2) is 7.67. The molecule has 2 heterocycles. The molecule has 146 valence electrons. The SMILES string of the molecule is CCCN(CCC)C(=O)N=c1sc(C)cn1-c1ccc2c(c1)OC(F)(F)O2. The highest BCUT2D eigenvalue weighted by Crippen LogP contribution is 2.41. The minimum atomic E-state index is -3.67. The standard InChI is InChI=1S/C18H21F2N3O3S/c1-4-8-22(9-5-2)16(24)21-17-23(11-12(3)27-17)13-6-7-14-15(10-13)26-18(19,20)25-14/h6-7,10-11H,4-5,8-9H2,1-3H3. The highest BCUT2D eigenvalue weighted by Gasteiger charge is 2.43. The number of aromatic nitrogens is 1. The van der Waals surface area contributed by atoms with Gasteiger partial charge in [-0.2, -0.15) is 4.99 Å². The Morgan fingerprint density at radius 3 is 2.56 bits per heavy atom. The smallest absolute Gasteiger partial charge is 0.395 e. The molecule has 0 N–H and O–H groups in total. The number of thiazole rings is 1. The fourth-order valence-corrected chi connectivity index (χ4v) is 3.63. The fourth-order valence-electron chi connectivity index (χ4n) is 2.80. The van der Waals surface area contributed by atoms with E-state index in [1.54, 1.807) is 21.7 Å². The van der Waals surface area contributed by atoms with Gasteiger partial charge in [-0.3, -0.25) is 4.57 Å². The van der Waals surface area contributed by atoms with Gasteiger partial charge in [-0.25, -0.2) is 4.79 Å². The molecule has 0 radical (unpaired) electrons. The zero-order valence-electron chi connectivity index (χ0n) is 15.4. The van der Waals surface area contributed by atoms with Crippen LogP contribution in [0.1, 0.15) is 31.6 Å². The number of carbonyl (C=O) groups excluding carboxylic acids is 1. The molecule has 2 aromatic rings. The third kappa shape index (κ3) is 4.29. The molecule has 0 aliphatic carbocycles. The molecule has 9 heteroatoms. The summed E-state index contributed by atoms with van der Waals surface area (Å²) < 4.78 is 37.1. The summed E-state index contributed by atoms with van der Waals surface area (Å²) in [5.41, 5.74) is 0.559. The van der Waals surface area contributed by atoms with Gasteiger partial charge in [0.25, 0.3) is 0 Å². The Kier molecular flexibility index (Phi) is 5.50. The Morgan fingerprint density at radius 1 is 1.22 bits per heavy atom. The maximum atomic E-state index is 13.2. The van der Waals surface area contributed by atoms with Gasteiger partial charge in [0.2, 0.25) is 0 Å². The predicted octanol–water partition coefficient (Wildman–Crippen LogP) is 4.31. The Morgan fingerprint density at radius 2 is 1.89 bits per heavy atom. The molecule has 1 aliphatic heterocycles. The fraction of sp³-hybridized carbons (Fsp3) is 0.444. The number of fused-ring (bicyclic) bond motifs is 1. The maximum absolute atomic E-state index is 13.2. The number of halogens is 2. The van der Waals surface area contributed by atoms with Crippen LogP contribution in [0.15, 0.2) is 29.4 Å². The molecule has 27 heavy (non-hydrogen) atoms. The maximum Gasteiger partial charge on any atom is 0.586 e. The van der Waals surface area contributed by atoms with Crippen LogP contribution in [0.2, 0.25) is 0 Å². The van der Waals surface area contributed by atoms with E-state index < -0.39 is 6.29 Å². The largest absolute Gasteiger partial charge is 0.586 e. The molecular weight excluding hydrogens is 376 g/mol. The molecule has 0 fully saturated rings. The van der Waals surface area contributed by atoms with E-state index in [9.17, 15) is 13.6 Å². The van der Waals surface area contributed by atoms with Crippen molar-refractivity contribution in [3.05, 3.63) is 34.1 Å². The predicted molar refractivity (Wildman–Crippen MR) is 97.7 cm³/mol. The first-order valence-corrected chi connectivity index (χ1v) is 9.57. The van der Waals surface area contributed by atoms with Gasteiger partial charge in [-0.05, 0) is 31.9 Å². The first-order chi connectivity index (χ1) is 12.8. The van der Waals surface area contributed by atoms with Gasteiger partial charge in [0, 0.05) is 30.2 Å². The molecule has 3 rings (SSSR count). The lowest BCUT2D eigenvalue weighted by Crippen LogP contribution is -2.31. The lowest BCUT2D eigenvalue weighted by molar-refractivity contribution is -0.286. The van der Waals surface area contributed by atoms with Crippen molar-refractivity contribution in [2.24, 2.45) is 4.99 Å². The van der Waals surface area contributed by atoms with Gasteiger partial charge in [0.15, 0.2) is 16.3 Å². The van der Waals surface area contributed by atoms with E-state index in [-0.39, 0.29) is 17.5 Å². The van der Waals surface area contributed by atoms with Crippen molar-refractivity contribution in [2.75, 3.05) is 13.1 Å². The number of hydrogen-bond donors (Lipinski definition) is 0. The van der Waals surface area contributed by atoms with Gasteiger partial charge in [0.1, 0.15) is 0 Å². The lowest BCUT2D eigenvalue weighted by atomic mass is 10.3. The number of nitrogens with zero attached hydrogens (tertiary/aromatic N) is 3. The van der Waals surface area contributed by atoms with E-state index in [4.69, 9.17) is 0 Å². The number of rotatable bonds is 5. The van der Waals surface area contributed by atoms with Crippen LogP contribution < -0.4 is 14.3 Å². The van der Waals surface area contributed by atoms with Gasteiger partial charge >= 0.3 is 12.3 Å². The first kappa shape index (κ1) is 19.3. The van der Waals surface area contributed by atoms with Crippen LogP contribution in [-0.4, -0.2) is 34.9 Å². The Bertz CT molecular complexity index is 901. The van der Waals surface area contributed by atoms with Crippen molar-refractivity contribution >= 4 is 17.4 Å². The zero-order valence-corrected chi connectivity index (χ0v) is 16.2. The Hall–Kier alpha value is -2.42. The summed E-state index contributed by atoms with van der Waals surface area (Å²) in [5.74, 6) is -0.0762. The topological polar surface area (TPSA) is 56.1 Å². The molecule has 6 nitrogen and oxygen atoms in total. The highest BCUT2D eigenvalue weighted by molar-refractivity contribution is 7.09. The Labute approximate surface area is 159 Å². The van der Waals surface area contributed by atoms with E-state index in [0.29, 0.717) is 23.6 Å². The van der Waals surface area contributed by atoms with Gasteiger partial charge in [-0.15, -0.1) is 20.1 Å². The monoisotopic (exact) mass is 397 g/mol. The van der Waals surface area contributed by atoms with Crippen LogP contribution in [0.25, 0.3) is 5.69 Å². The quantitative estimate of drug-likeness (QED) is 0.755. The van der Waals surface area contributed by atoms with Crippen molar-refractivity contribution in [3.8, 4) is 17.2 Å².